The Morgan fingerprint density at radius 2 is 2.00 bits per heavy atom. The van der Waals surface area contributed by atoms with E-state index in [0.29, 0.717) is 6.04 Å². The largest absolute Gasteiger partial charge is 0.310 e. The first kappa shape index (κ1) is 14.9. The summed E-state index contributed by atoms with van der Waals surface area (Å²) in [5.74, 6) is 3.47. The molecule has 1 nitrogen and oxygen atoms in total. The van der Waals surface area contributed by atoms with Gasteiger partial charge in [0, 0.05) is 6.04 Å². The van der Waals surface area contributed by atoms with Crippen molar-refractivity contribution in [1.82, 2.24) is 5.32 Å². The molecule has 1 fully saturated rings. The van der Waals surface area contributed by atoms with E-state index in [-0.39, 0.29) is 0 Å². The molecule has 2 heteroatoms. The van der Waals surface area contributed by atoms with Gasteiger partial charge < -0.3 is 5.32 Å². The number of rotatable bonds is 7. The van der Waals surface area contributed by atoms with Crippen molar-refractivity contribution >= 4 is 11.8 Å². The molecule has 1 aliphatic rings. The van der Waals surface area contributed by atoms with Crippen LogP contribution >= 0.6 is 11.8 Å². The summed E-state index contributed by atoms with van der Waals surface area (Å²) in [5.41, 5.74) is 2.96. The highest BCUT2D eigenvalue weighted by atomic mass is 32.2. The van der Waals surface area contributed by atoms with Crippen molar-refractivity contribution < 1.29 is 0 Å². The summed E-state index contributed by atoms with van der Waals surface area (Å²) >= 11 is 2.11. The Kier molecular flexibility index (Phi) is 6.25. The predicted molar refractivity (Wildman–Crippen MR) is 86.9 cm³/mol. The van der Waals surface area contributed by atoms with Gasteiger partial charge in [-0.25, -0.2) is 0 Å². The van der Waals surface area contributed by atoms with Gasteiger partial charge in [-0.3, -0.25) is 0 Å². The number of aryl methyl sites for hydroxylation is 1. The minimum absolute atomic E-state index is 0.561. The highest BCUT2D eigenvalue weighted by molar-refractivity contribution is 7.99. The molecule has 0 aromatic heterocycles. The Labute approximate surface area is 122 Å². The average molecular weight is 277 g/mol. The van der Waals surface area contributed by atoms with Gasteiger partial charge in [-0.1, -0.05) is 44.5 Å². The van der Waals surface area contributed by atoms with Crippen LogP contribution in [0.4, 0.5) is 0 Å². The summed E-state index contributed by atoms with van der Waals surface area (Å²) in [4.78, 5) is 0. The lowest BCUT2D eigenvalue weighted by molar-refractivity contribution is 0.393. The Morgan fingerprint density at radius 1 is 1.21 bits per heavy atom. The fourth-order valence-corrected chi connectivity index (χ4v) is 4.15. The van der Waals surface area contributed by atoms with E-state index >= 15 is 0 Å². The van der Waals surface area contributed by atoms with Gasteiger partial charge in [-0.2, -0.15) is 11.8 Å². The SMILES string of the molecule is CCCNC(c1ccc(CCC)cc1)C1CCSC1. The number of benzene rings is 1. The second-order valence-corrected chi connectivity index (χ2v) is 6.70. The van der Waals surface area contributed by atoms with E-state index in [0.717, 1.165) is 12.5 Å². The van der Waals surface area contributed by atoms with Crippen molar-refractivity contribution in [3.8, 4) is 0 Å². The topological polar surface area (TPSA) is 12.0 Å². The van der Waals surface area contributed by atoms with E-state index in [4.69, 9.17) is 0 Å². The molecule has 2 atom stereocenters. The molecule has 1 aliphatic heterocycles. The Hall–Kier alpha value is -0.470. The Balaban J connectivity index is 2.07. The van der Waals surface area contributed by atoms with Crippen LogP contribution in [0.25, 0.3) is 0 Å². The Morgan fingerprint density at radius 3 is 2.58 bits per heavy atom. The third-order valence-corrected chi connectivity index (χ3v) is 5.12. The number of hydrogen-bond donors (Lipinski definition) is 1. The second-order valence-electron chi connectivity index (χ2n) is 5.55. The molecular weight excluding hydrogens is 250 g/mol. The summed E-state index contributed by atoms with van der Waals surface area (Å²) in [7, 11) is 0. The lowest BCUT2D eigenvalue weighted by Gasteiger charge is -2.25. The second kappa shape index (κ2) is 7.96. The molecule has 2 rings (SSSR count). The highest BCUT2D eigenvalue weighted by Crippen LogP contribution is 2.34. The maximum atomic E-state index is 3.77. The van der Waals surface area contributed by atoms with Crippen molar-refractivity contribution in [3.05, 3.63) is 35.4 Å². The van der Waals surface area contributed by atoms with Crippen molar-refractivity contribution in [3.63, 3.8) is 0 Å². The molecule has 0 amide bonds. The first-order valence-corrected chi connectivity index (χ1v) is 8.90. The zero-order chi connectivity index (χ0) is 13.5. The van der Waals surface area contributed by atoms with Crippen molar-refractivity contribution in [2.24, 2.45) is 5.92 Å². The van der Waals surface area contributed by atoms with Crippen LogP contribution in [-0.2, 0) is 6.42 Å². The first-order chi connectivity index (χ1) is 9.35. The fraction of sp³-hybridized carbons (Fsp3) is 0.647. The number of nitrogens with one attached hydrogen (secondary N) is 1. The summed E-state index contributed by atoms with van der Waals surface area (Å²) in [6, 6.07) is 9.90. The van der Waals surface area contributed by atoms with Gasteiger partial charge in [-0.15, -0.1) is 0 Å². The van der Waals surface area contributed by atoms with Gasteiger partial charge in [-0.05, 0) is 54.4 Å². The summed E-state index contributed by atoms with van der Waals surface area (Å²) in [5, 5.41) is 3.77. The molecule has 19 heavy (non-hydrogen) atoms. The van der Waals surface area contributed by atoms with Gasteiger partial charge in [0.2, 0.25) is 0 Å². The van der Waals surface area contributed by atoms with Gasteiger partial charge in [0.25, 0.3) is 0 Å². The molecule has 0 bridgehead atoms. The van der Waals surface area contributed by atoms with Crippen LogP contribution in [0.15, 0.2) is 24.3 Å². The molecule has 1 aromatic rings. The van der Waals surface area contributed by atoms with Crippen LogP contribution in [0.5, 0.6) is 0 Å². The standard InChI is InChI=1S/C17H27NS/c1-3-5-14-6-8-15(9-7-14)17(18-11-4-2)16-10-12-19-13-16/h6-9,16-18H,3-5,10-13H2,1-2H3. The first-order valence-electron chi connectivity index (χ1n) is 7.75. The van der Waals surface area contributed by atoms with E-state index in [1.54, 1.807) is 0 Å². The smallest absolute Gasteiger partial charge is 0.0356 e. The van der Waals surface area contributed by atoms with Crippen LogP contribution in [0.2, 0.25) is 0 Å². The van der Waals surface area contributed by atoms with Gasteiger partial charge >= 0.3 is 0 Å². The molecule has 0 spiro atoms. The van der Waals surface area contributed by atoms with E-state index in [9.17, 15) is 0 Å². The summed E-state index contributed by atoms with van der Waals surface area (Å²) < 4.78 is 0. The van der Waals surface area contributed by atoms with E-state index in [1.165, 1.54) is 48.3 Å². The van der Waals surface area contributed by atoms with Crippen LogP contribution in [0.1, 0.15) is 50.3 Å². The molecule has 1 heterocycles. The lowest BCUT2D eigenvalue weighted by Crippen LogP contribution is -2.29. The Bertz CT molecular complexity index is 354. The minimum Gasteiger partial charge on any atom is -0.310 e. The number of hydrogen-bond acceptors (Lipinski definition) is 2. The van der Waals surface area contributed by atoms with Crippen LogP contribution in [0.3, 0.4) is 0 Å². The quantitative estimate of drug-likeness (QED) is 0.791. The predicted octanol–water partition coefficient (Wildman–Crippen LogP) is 4.43. The zero-order valence-corrected chi connectivity index (χ0v) is 13.1. The minimum atomic E-state index is 0.561. The van der Waals surface area contributed by atoms with Gasteiger partial charge in [0.1, 0.15) is 0 Å². The maximum Gasteiger partial charge on any atom is 0.0356 e. The molecule has 1 aromatic carbocycles. The molecule has 2 unspecified atom stereocenters. The van der Waals surface area contributed by atoms with E-state index in [1.807, 2.05) is 0 Å². The molecule has 0 saturated carbocycles. The van der Waals surface area contributed by atoms with E-state index in [2.05, 4.69) is 55.2 Å². The monoisotopic (exact) mass is 277 g/mol. The summed E-state index contributed by atoms with van der Waals surface area (Å²) in [6.07, 6.45) is 5.01. The third-order valence-electron chi connectivity index (χ3n) is 3.93. The average Bonchev–Trinajstić information content (AvgIpc) is 2.95. The van der Waals surface area contributed by atoms with Gasteiger partial charge in [0.15, 0.2) is 0 Å². The molecule has 0 radical (unpaired) electrons. The number of thioether (sulfide) groups is 1. The van der Waals surface area contributed by atoms with Crippen LogP contribution < -0.4 is 5.32 Å². The molecule has 0 aliphatic carbocycles. The van der Waals surface area contributed by atoms with Crippen LogP contribution in [-0.4, -0.2) is 18.1 Å². The molecule has 1 N–H and O–H groups in total. The van der Waals surface area contributed by atoms with Gasteiger partial charge in [0.05, 0.1) is 0 Å². The fourth-order valence-electron chi connectivity index (χ4n) is 2.85. The van der Waals surface area contributed by atoms with Crippen LogP contribution in [0, 0.1) is 5.92 Å². The normalized spacial score (nSPS) is 20.6. The molecular formula is C17H27NS. The highest BCUT2D eigenvalue weighted by Gasteiger charge is 2.26. The van der Waals surface area contributed by atoms with E-state index < -0.39 is 0 Å². The lowest BCUT2D eigenvalue weighted by atomic mass is 9.91. The van der Waals surface area contributed by atoms with Crippen molar-refractivity contribution in [2.45, 2.75) is 45.6 Å². The third kappa shape index (κ3) is 4.25. The molecule has 1 saturated heterocycles. The van der Waals surface area contributed by atoms with Crippen molar-refractivity contribution in [2.75, 3.05) is 18.1 Å². The maximum absolute atomic E-state index is 3.77. The summed E-state index contributed by atoms with van der Waals surface area (Å²) in [6.45, 7) is 5.62. The van der Waals surface area contributed by atoms with Crippen molar-refractivity contribution in [1.29, 1.82) is 0 Å². The zero-order valence-electron chi connectivity index (χ0n) is 12.3. The molecule has 106 valence electrons.